The highest BCUT2D eigenvalue weighted by atomic mass is 16.2. The highest BCUT2D eigenvalue weighted by Crippen LogP contribution is 2.15. The Bertz CT molecular complexity index is 869. The molecule has 7 nitrogen and oxygen atoms in total. The first-order chi connectivity index (χ1) is 12.4. The van der Waals surface area contributed by atoms with E-state index >= 15 is 0 Å². The molecule has 7 heteroatoms. The quantitative estimate of drug-likeness (QED) is 0.727. The molecule has 0 aromatic heterocycles. The number of nitrogens with one attached hydrogen (secondary N) is 2. The lowest BCUT2D eigenvalue weighted by molar-refractivity contribution is -0.119. The third-order valence-corrected chi connectivity index (χ3v) is 3.65. The summed E-state index contributed by atoms with van der Waals surface area (Å²) in [4.78, 5) is 35.6. The van der Waals surface area contributed by atoms with Crippen LogP contribution in [0.1, 0.15) is 28.4 Å². The number of rotatable bonds is 6. The first-order valence-corrected chi connectivity index (χ1v) is 7.86. The maximum atomic E-state index is 12.5. The van der Waals surface area contributed by atoms with Crippen molar-refractivity contribution in [3.8, 4) is 6.07 Å². The molecule has 132 valence electrons. The van der Waals surface area contributed by atoms with Gasteiger partial charge in [0.25, 0.3) is 5.91 Å². The summed E-state index contributed by atoms with van der Waals surface area (Å²) in [5, 5.41) is 14.0. The zero-order valence-electron chi connectivity index (χ0n) is 14.2. The van der Waals surface area contributed by atoms with Gasteiger partial charge in [-0.15, -0.1) is 0 Å². The Morgan fingerprint density at radius 3 is 2.35 bits per heavy atom. The monoisotopic (exact) mass is 350 g/mol. The average Bonchev–Trinajstić information content (AvgIpc) is 2.61. The van der Waals surface area contributed by atoms with Crippen LogP contribution in [-0.2, 0) is 16.0 Å². The molecule has 0 heterocycles. The number of benzene rings is 2. The molecule has 0 bridgehead atoms. The van der Waals surface area contributed by atoms with E-state index in [-0.39, 0.29) is 17.9 Å². The minimum absolute atomic E-state index is 0.190. The summed E-state index contributed by atoms with van der Waals surface area (Å²) in [5.74, 6) is -1.51. The van der Waals surface area contributed by atoms with E-state index in [1.807, 2.05) is 6.07 Å². The first kappa shape index (κ1) is 18.7. The van der Waals surface area contributed by atoms with Crippen molar-refractivity contribution in [1.29, 1.82) is 5.26 Å². The minimum atomic E-state index is -0.930. The van der Waals surface area contributed by atoms with Gasteiger partial charge in [0.05, 0.1) is 22.9 Å². The van der Waals surface area contributed by atoms with E-state index < -0.39 is 17.9 Å². The van der Waals surface area contributed by atoms with E-state index in [0.717, 1.165) is 5.56 Å². The van der Waals surface area contributed by atoms with Crippen molar-refractivity contribution < 1.29 is 14.4 Å². The van der Waals surface area contributed by atoms with Crippen LogP contribution in [0.4, 0.5) is 5.69 Å². The van der Waals surface area contributed by atoms with Crippen LogP contribution in [0.15, 0.2) is 48.5 Å². The van der Waals surface area contributed by atoms with E-state index in [1.165, 1.54) is 6.92 Å². The third kappa shape index (κ3) is 4.92. The number of carbonyl (C=O) groups excluding carboxylic acids is 3. The van der Waals surface area contributed by atoms with Crippen LogP contribution in [0.2, 0.25) is 0 Å². The number of hydrogen-bond acceptors (Lipinski definition) is 4. The van der Waals surface area contributed by atoms with E-state index in [9.17, 15) is 14.4 Å². The van der Waals surface area contributed by atoms with Crippen LogP contribution in [0.3, 0.4) is 0 Å². The summed E-state index contributed by atoms with van der Waals surface area (Å²) in [6.45, 7) is 1.34. The lowest BCUT2D eigenvalue weighted by Crippen LogP contribution is -2.46. The Morgan fingerprint density at radius 2 is 1.77 bits per heavy atom. The van der Waals surface area contributed by atoms with Gasteiger partial charge in [0.15, 0.2) is 0 Å². The van der Waals surface area contributed by atoms with E-state index in [4.69, 9.17) is 11.0 Å². The summed E-state index contributed by atoms with van der Waals surface area (Å²) >= 11 is 0. The van der Waals surface area contributed by atoms with Crippen molar-refractivity contribution in [3.63, 3.8) is 0 Å². The van der Waals surface area contributed by atoms with Crippen molar-refractivity contribution in [2.24, 2.45) is 5.73 Å². The SMILES string of the molecule is CC(=O)Nc1ccccc1C(=O)N[C@H](Cc1ccc(C#N)cc1)C(N)=O. The zero-order valence-corrected chi connectivity index (χ0v) is 14.2. The van der Waals surface area contributed by atoms with Crippen molar-refractivity contribution in [2.45, 2.75) is 19.4 Å². The molecule has 3 amide bonds. The number of nitrogens with zero attached hydrogens (tertiary/aromatic N) is 1. The van der Waals surface area contributed by atoms with Crippen molar-refractivity contribution in [3.05, 3.63) is 65.2 Å². The number of carbonyl (C=O) groups is 3. The van der Waals surface area contributed by atoms with Gasteiger partial charge < -0.3 is 16.4 Å². The predicted octanol–water partition coefficient (Wildman–Crippen LogP) is 1.34. The van der Waals surface area contributed by atoms with Crippen LogP contribution >= 0.6 is 0 Å². The number of primary amides is 1. The van der Waals surface area contributed by atoms with Gasteiger partial charge in [0.2, 0.25) is 11.8 Å². The molecule has 0 fully saturated rings. The second-order valence-electron chi connectivity index (χ2n) is 5.67. The molecule has 0 aliphatic heterocycles. The highest BCUT2D eigenvalue weighted by molar-refractivity contribution is 6.04. The number of anilines is 1. The van der Waals surface area contributed by atoms with E-state index in [1.54, 1.807) is 48.5 Å². The Labute approximate surface area is 150 Å². The number of hydrogen-bond donors (Lipinski definition) is 3. The summed E-state index contributed by atoms with van der Waals surface area (Å²) in [7, 11) is 0. The molecule has 4 N–H and O–H groups in total. The second kappa shape index (κ2) is 8.44. The molecule has 0 radical (unpaired) electrons. The van der Waals surface area contributed by atoms with Gasteiger partial charge in [0, 0.05) is 13.3 Å². The van der Waals surface area contributed by atoms with Crippen LogP contribution in [0.25, 0.3) is 0 Å². The number of nitrogens with two attached hydrogens (primary N) is 1. The first-order valence-electron chi connectivity index (χ1n) is 7.86. The van der Waals surface area contributed by atoms with Crippen LogP contribution in [-0.4, -0.2) is 23.8 Å². The molecule has 1 atom stereocenters. The average molecular weight is 350 g/mol. The molecule has 0 saturated carbocycles. The summed E-state index contributed by atoms with van der Waals surface area (Å²) in [6, 6.07) is 14.2. The van der Waals surface area contributed by atoms with Gasteiger partial charge in [-0.2, -0.15) is 5.26 Å². The lowest BCUT2D eigenvalue weighted by atomic mass is 10.0. The van der Waals surface area contributed by atoms with Crippen LogP contribution in [0.5, 0.6) is 0 Å². The number of nitriles is 1. The van der Waals surface area contributed by atoms with E-state index in [2.05, 4.69) is 10.6 Å². The normalized spacial score (nSPS) is 11.1. The zero-order chi connectivity index (χ0) is 19.1. The minimum Gasteiger partial charge on any atom is -0.368 e. The topological polar surface area (TPSA) is 125 Å². The smallest absolute Gasteiger partial charge is 0.254 e. The van der Waals surface area contributed by atoms with E-state index in [0.29, 0.717) is 11.3 Å². The van der Waals surface area contributed by atoms with Crippen molar-refractivity contribution in [2.75, 3.05) is 5.32 Å². The third-order valence-electron chi connectivity index (χ3n) is 3.65. The molecule has 2 aromatic carbocycles. The molecule has 0 unspecified atom stereocenters. The van der Waals surface area contributed by atoms with Gasteiger partial charge >= 0.3 is 0 Å². The molecule has 0 aliphatic carbocycles. The Balaban J connectivity index is 2.17. The maximum absolute atomic E-state index is 12.5. The standard InChI is InChI=1S/C19H18N4O3/c1-12(24)22-16-5-3-2-4-15(16)19(26)23-17(18(21)25)10-13-6-8-14(11-20)9-7-13/h2-9,17H,10H2,1H3,(H2,21,25)(H,22,24)(H,23,26)/t17-/m1/s1. The maximum Gasteiger partial charge on any atom is 0.254 e. The fourth-order valence-electron chi connectivity index (χ4n) is 2.39. The van der Waals surface area contributed by atoms with Gasteiger partial charge in [-0.05, 0) is 29.8 Å². The second-order valence-corrected chi connectivity index (χ2v) is 5.67. The fourth-order valence-corrected chi connectivity index (χ4v) is 2.39. The lowest BCUT2D eigenvalue weighted by Gasteiger charge is -2.17. The molecule has 2 rings (SSSR count). The Kier molecular flexibility index (Phi) is 6.06. The summed E-state index contributed by atoms with van der Waals surface area (Å²) in [5.41, 5.74) is 7.24. The molecular weight excluding hydrogens is 332 g/mol. The number of para-hydroxylation sites is 1. The Hall–Kier alpha value is -3.66. The molecule has 0 aliphatic rings. The fraction of sp³-hybridized carbons (Fsp3) is 0.158. The Morgan fingerprint density at radius 1 is 1.12 bits per heavy atom. The van der Waals surface area contributed by atoms with Gasteiger partial charge in [-0.25, -0.2) is 0 Å². The number of amides is 3. The van der Waals surface area contributed by atoms with Crippen LogP contribution in [0, 0.1) is 11.3 Å². The van der Waals surface area contributed by atoms with Crippen molar-refractivity contribution in [1.82, 2.24) is 5.32 Å². The van der Waals surface area contributed by atoms with Gasteiger partial charge in [-0.1, -0.05) is 24.3 Å². The van der Waals surface area contributed by atoms with Gasteiger partial charge in [-0.3, -0.25) is 14.4 Å². The molecule has 26 heavy (non-hydrogen) atoms. The molecule has 0 spiro atoms. The summed E-state index contributed by atoms with van der Waals surface area (Å²) < 4.78 is 0. The molecule has 0 saturated heterocycles. The predicted molar refractivity (Wildman–Crippen MR) is 96.1 cm³/mol. The molecule has 2 aromatic rings. The summed E-state index contributed by atoms with van der Waals surface area (Å²) in [6.07, 6.45) is 0.190. The largest absolute Gasteiger partial charge is 0.368 e. The molecular formula is C19H18N4O3. The van der Waals surface area contributed by atoms with Crippen LogP contribution < -0.4 is 16.4 Å². The van der Waals surface area contributed by atoms with Gasteiger partial charge in [0.1, 0.15) is 6.04 Å². The van der Waals surface area contributed by atoms with Crippen molar-refractivity contribution >= 4 is 23.4 Å². The highest BCUT2D eigenvalue weighted by Gasteiger charge is 2.21.